The molecular formula is C14H15F2N3OS. The summed E-state index contributed by atoms with van der Waals surface area (Å²) in [5, 5.41) is 2.98. The molecule has 7 heteroatoms. The first-order valence-electron chi connectivity index (χ1n) is 6.85. The van der Waals surface area contributed by atoms with Gasteiger partial charge in [-0.25, -0.2) is 13.8 Å². The summed E-state index contributed by atoms with van der Waals surface area (Å²) in [6.45, 7) is 0. The van der Waals surface area contributed by atoms with Gasteiger partial charge in [-0.3, -0.25) is 4.79 Å². The predicted octanol–water partition coefficient (Wildman–Crippen LogP) is 3.03. The molecule has 1 aromatic heterocycles. The largest absolute Gasteiger partial charge is 0.328 e. The summed E-state index contributed by atoms with van der Waals surface area (Å²) in [6.07, 6.45) is 3.32. The highest BCUT2D eigenvalue weighted by Gasteiger charge is 2.26. The predicted molar refractivity (Wildman–Crippen MR) is 78.1 cm³/mol. The maximum Gasteiger partial charge on any atom is 0.229 e. The van der Waals surface area contributed by atoms with E-state index in [1.165, 1.54) is 6.07 Å². The first-order chi connectivity index (χ1) is 10.0. The third kappa shape index (κ3) is 3.03. The van der Waals surface area contributed by atoms with Crippen molar-refractivity contribution in [2.45, 2.75) is 31.7 Å². The van der Waals surface area contributed by atoms with Gasteiger partial charge in [-0.2, -0.15) is 0 Å². The Morgan fingerprint density at radius 3 is 2.95 bits per heavy atom. The van der Waals surface area contributed by atoms with E-state index in [0.29, 0.717) is 16.3 Å². The molecule has 1 saturated carbocycles. The van der Waals surface area contributed by atoms with Gasteiger partial charge in [-0.1, -0.05) is 17.8 Å². The first-order valence-corrected chi connectivity index (χ1v) is 7.66. The Hall–Kier alpha value is -1.60. The molecule has 1 aromatic carbocycles. The molecule has 0 saturated heterocycles. The molecule has 4 nitrogen and oxygen atoms in total. The highest BCUT2D eigenvalue weighted by Crippen LogP contribution is 2.30. The van der Waals surface area contributed by atoms with Crippen LogP contribution in [-0.4, -0.2) is 16.9 Å². The maximum atomic E-state index is 13.6. The van der Waals surface area contributed by atoms with E-state index in [9.17, 15) is 13.6 Å². The zero-order valence-corrected chi connectivity index (χ0v) is 12.1. The number of halogens is 2. The number of aromatic nitrogens is 1. The van der Waals surface area contributed by atoms with Crippen LogP contribution in [0.4, 0.5) is 13.9 Å². The number of thiazole rings is 1. The third-order valence-electron chi connectivity index (χ3n) is 3.73. The number of amides is 1. The summed E-state index contributed by atoms with van der Waals surface area (Å²) in [5.41, 5.74) is 5.95. The average molecular weight is 311 g/mol. The van der Waals surface area contributed by atoms with Gasteiger partial charge < -0.3 is 11.1 Å². The van der Waals surface area contributed by atoms with E-state index in [4.69, 9.17) is 5.73 Å². The summed E-state index contributed by atoms with van der Waals surface area (Å²) in [4.78, 5) is 16.2. The minimum absolute atomic E-state index is 0.0522. The van der Waals surface area contributed by atoms with E-state index >= 15 is 0 Å². The van der Waals surface area contributed by atoms with Crippen LogP contribution >= 0.6 is 11.3 Å². The summed E-state index contributed by atoms with van der Waals surface area (Å²) in [7, 11) is 0. The Kier molecular flexibility index (Phi) is 3.86. The minimum Gasteiger partial charge on any atom is -0.328 e. The Bertz CT molecular complexity index is 688. The van der Waals surface area contributed by atoms with Crippen molar-refractivity contribution in [3.8, 4) is 0 Å². The molecule has 0 aliphatic heterocycles. The molecule has 3 rings (SSSR count). The van der Waals surface area contributed by atoms with Crippen LogP contribution in [0.1, 0.15) is 25.7 Å². The second kappa shape index (κ2) is 5.65. The van der Waals surface area contributed by atoms with Crippen molar-refractivity contribution in [2.24, 2.45) is 11.7 Å². The molecule has 1 aliphatic carbocycles. The van der Waals surface area contributed by atoms with Crippen molar-refractivity contribution in [1.29, 1.82) is 0 Å². The zero-order valence-electron chi connectivity index (χ0n) is 11.2. The van der Waals surface area contributed by atoms with Gasteiger partial charge in [0, 0.05) is 18.0 Å². The van der Waals surface area contributed by atoms with Crippen LogP contribution in [0.15, 0.2) is 12.1 Å². The zero-order chi connectivity index (χ0) is 15.0. The van der Waals surface area contributed by atoms with Crippen molar-refractivity contribution < 1.29 is 13.6 Å². The Labute approximate surface area is 124 Å². The van der Waals surface area contributed by atoms with Crippen LogP contribution in [0.2, 0.25) is 0 Å². The number of nitrogens with one attached hydrogen (secondary N) is 1. The molecule has 1 amide bonds. The molecular weight excluding hydrogens is 296 g/mol. The number of hydrogen-bond donors (Lipinski definition) is 2. The van der Waals surface area contributed by atoms with Crippen molar-refractivity contribution in [2.75, 3.05) is 5.32 Å². The number of nitrogens with zero attached hydrogens (tertiary/aromatic N) is 1. The smallest absolute Gasteiger partial charge is 0.229 e. The van der Waals surface area contributed by atoms with Gasteiger partial charge in [0.1, 0.15) is 11.3 Å². The van der Waals surface area contributed by atoms with E-state index in [2.05, 4.69) is 10.3 Å². The van der Waals surface area contributed by atoms with Crippen LogP contribution in [0.25, 0.3) is 10.2 Å². The number of rotatable bonds is 2. The third-order valence-corrected chi connectivity index (χ3v) is 4.65. The van der Waals surface area contributed by atoms with E-state index < -0.39 is 11.6 Å². The second-order valence-corrected chi connectivity index (χ2v) is 6.40. The molecule has 0 radical (unpaired) electrons. The number of benzene rings is 1. The molecule has 2 atom stereocenters. The first kappa shape index (κ1) is 14.3. The number of carbonyl (C=O) groups is 1. The summed E-state index contributed by atoms with van der Waals surface area (Å²) in [5.74, 6) is -1.66. The highest BCUT2D eigenvalue weighted by molar-refractivity contribution is 7.22. The van der Waals surface area contributed by atoms with E-state index in [-0.39, 0.29) is 23.4 Å². The van der Waals surface area contributed by atoms with Crippen LogP contribution in [0.5, 0.6) is 0 Å². The molecule has 3 N–H and O–H groups in total. The number of hydrogen-bond acceptors (Lipinski definition) is 4. The van der Waals surface area contributed by atoms with Gasteiger partial charge in [-0.15, -0.1) is 0 Å². The van der Waals surface area contributed by atoms with Gasteiger partial charge >= 0.3 is 0 Å². The highest BCUT2D eigenvalue weighted by atomic mass is 32.1. The van der Waals surface area contributed by atoms with Crippen LogP contribution in [0.3, 0.4) is 0 Å². The van der Waals surface area contributed by atoms with Crippen molar-refractivity contribution in [1.82, 2.24) is 4.98 Å². The molecule has 0 unspecified atom stereocenters. The quantitative estimate of drug-likeness (QED) is 0.896. The van der Waals surface area contributed by atoms with Crippen molar-refractivity contribution in [3.05, 3.63) is 23.8 Å². The molecule has 112 valence electrons. The summed E-state index contributed by atoms with van der Waals surface area (Å²) < 4.78 is 27.1. The lowest BCUT2D eigenvalue weighted by Crippen LogP contribution is -2.34. The number of carbonyl (C=O) groups excluding carboxylic acids is 1. The number of anilines is 1. The summed E-state index contributed by atoms with van der Waals surface area (Å²) in [6, 6.07) is 2.05. The van der Waals surface area contributed by atoms with Crippen molar-refractivity contribution in [3.63, 3.8) is 0 Å². The van der Waals surface area contributed by atoms with E-state index in [0.717, 1.165) is 36.7 Å². The van der Waals surface area contributed by atoms with Crippen LogP contribution in [-0.2, 0) is 4.79 Å². The lowest BCUT2D eigenvalue weighted by Gasteiger charge is -2.25. The Balaban J connectivity index is 1.78. The van der Waals surface area contributed by atoms with Crippen LogP contribution < -0.4 is 11.1 Å². The SMILES string of the molecule is N[C@@H]1CCC[C@@H](C(=O)Nc2nc3c(F)cc(F)cc3s2)C1. The van der Waals surface area contributed by atoms with Gasteiger partial charge in [0.15, 0.2) is 10.9 Å². The molecule has 2 aromatic rings. The lowest BCUT2D eigenvalue weighted by atomic mass is 9.86. The molecule has 1 fully saturated rings. The fourth-order valence-electron chi connectivity index (χ4n) is 2.68. The average Bonchev–Trinajstić information content (AvgIpc) is 2.81. The van der Waals surface area contributed by atoms with Gasteiger partial charge in [0.2, 0.25) is 5.91 Å². The van der Waals surface area contributed by atoms with Crippen LogP contribution in [0, 0.1) is 17.6 Å². The van der Waals surface area contributed by atoms with E-state index in [1.807, 2.05) is 0 Å². The lowest BCUT2D eigenvalue weighted by molar-refractivity contribution is -0.120. The van der Waals surface area contributed by atoms with Gasteiger partial charge in [0.05, 0.1) is 4.70 Å². The topological polar surface area (TPSA) is 68.0 Å². The van der Waals surface area contributed by atoms with Crippen molar-refractivity contribution >= 4 is 32.6 Å². The Morgan fingerprint density at radius 1 is 1.38 bits per heavy atom. The second-order valence-electron chi connectivity index (χ2n) is 5.37. The maximum absolute atomic E-state index is 13.6. The molecule has 21 heavy (non-hydrogen) atoms. The Morgan fingerprint density at radius 2 is 2.19 bits per heavy atom. The fraction of sp³-hybridized carbons (Fsp3) is 0.429. The molecule has 0 spiro atoms. The van der Waals surface area contributed by atoms with Gasteiger partial charge in [0.25, 0.3) is 0 Å². The number of fused-ring (bicyclic) bond motifs is 1. The molecule has 0 bridgehead atoms. The molecule has 1 heterocycles. The minimum atomic E-state index is -0.721. The standard InChI is InChI=1S/C14H15F2N3OS/c15-8-5-10(16)12-11(6-8)21-14(18-12)19-13(20)7-2-1-3-9(17)4-7/h5-7,9H,1-4,17H2,(H,18,19,20)/t7-,9-/m1/s1. The normalized spacial score (nSPS) is 22.4. The summed E-state index contributed by atoms with van der Waals surface area (Å²) >= 11 is 1.06. The number of nitrogens with two attached hydrogens (primary N) is 1. The fourth-order valence-corrected chi connectivity index (χ4v) is 3.59. The van der Waals surface area contributed by atoms with Gasteiger partial charge in [-0.05, 0) is 25.3 Å². The molecule has 1 aliphatic rings. The monoisotopic (exact) mass is 311 g/mol. The van der Waals surface area contributed by atoms with E-state index in [1.54, 1.807) is 0 Å².